The molecule has 4 N–H and O–H groups in total. The van der Waals surface area contributed by atoms with Gasteiger partial charge in [0.1, 0.15) is 0 Å². The van der Waals surface area contributed by atoms with E-state index in [1.807, 2.05) is 0 Å². The van der Waals surface area contributed by atoms with Crippen LogP contribution >= 0.6 is 0 Å². The van der Waals surface area contributed by atoms with Crippen LogP contribution in [-0.2, 0) is 10.0 Å². The van der Waals surface area contributed by atoms with Gasteiger partial charge in [0.15, 0.2) is 0 Å². The van der Waals surface area contributed by atoms with Crippen molar-refractivity contribution in [3.05, 3.63) is 23.8 Å². The first kappa shape index (κ1) is 14.8. The van der Waals surface area contributed by atoms with E-state index in [4.69, 9.17) is 15.9 Å². The Morgan fingerprint density at radius 1 is 1.40 bits per heavy atom. The van der Waals surface area contributed by atoms with Crippen molar-refractivity contribution in [2.45, 2.75) is 23.8 Å². The second-order valence-corrected chi connectivity index (χ2v) is 6.49. The number of rotatable bonds is 6. The van der Waals surface area contributed by atoms with Crippen LogP contribution in [0.2, 0.25) is 0 Å². The number of carboxylic acids is 1. The molecule has 7 nitrogen and oxygen atoms in total. The minimum atomic E-state index is -3.96. The highest BCUT2D eigenvalue weighted by atomic mass is 32.2. The Morgan fingerprint density at radius 2 is 2.05 bits per heavy atom. The third-order valence-electron chi connectivity index (χ3n) is 3.10. The summed E-state index contributed by atoms with van der Waals surface area (Å²) in [5, 5.41) is 18.1. The molecule has 1 aromatic carbocycles. The summed E-state index contributed by atoms with van der Waals surface area (Å²) in [4.78, 5) is 10.9. The van der Waals surface area contributed by atoms with Gasteiger partial charge in [0.25, 0.3) is 0 Å². The quantitative estimate of drug-likeness (QED) is 0.641. The van der Waals surface area contributed by atoms with Gasteiger partial charge in [-0.3, -0.25) is 0 Å². The highest BCUT2D eigenvalue weighted by molar-refractivity contribution is 7.89. The number of aromatic carboxylic acids is 1. The highest BCUT2D eigenvalue weighted by Crippen LogP contribution is 2.33. The number of carboxylic acid groups (broad SMARTS) is 1. The first-order chi connectivity index (χ1) is 9.37. The SMILES string of the molecule is Nc1ccc(S(=O)(=O)N(CCO)C2CC2)c(C(=O)O)c1. The summed E-state index contributed by atoms with van der Waals surface area (Å²) in [5.74, 6) is -1.35. The summed E-state index contributed by atoms with van der Waals surface area (Å²) in [6.45, 7) is -0.358. The zero-order valence-electron chi connectivity index (χ0n) is 10.7. The van der Waals surface area contributed by atoms with Crippen LogP contribution in [0, 0.1) is 0 Å². The Hall–Kier alpha value is -1.64. The van der Waals surface area contributed by atoms with E-state index in [1.54, 1.807) is 0 Å². The maximum absolute atomic E-state index is 12.6. The zero-order chi connectivity index (χ0) is 14.9. The van der Waals surface area contributed by atoms with Crippen LogP contribution in [0.25, 0.3) is 0 Å². The van der Waals surface area contributed by atoms with Crippen molar-refractivity contribution >= 4 is 21.7 Å². The molecule has 1 saturated carbocycles. The summed E-state index contributed by atoms with van der Waals surface area (Å²) in [6.07, 6.45) is 1.44. The zero-order valence-corrected chi connectivity index (χ0v) is 11.5. The number of aliphatic hydroxyl groups is 1. The van der Waals surface area contributed by atoms with Crippen molar-refractivity contribution < 1.29 is 23.4 Å². The van der Waals surface area contributed by atoms with Gasteiger partial charge in [0, 0.05) is 18.3 Å². The standard InChI is InChI=1S/C12H16N2O5S/c13-8-1-4-11(10(7-8)12(16)17)20(18,19)14(5-6-15)9-2-3-9/h1,4,7,9,15H,2-3,5-6,13H2,(H,16,17). The predicted octanol–water partition coefficient (Wildman–Crippen LogP) is 0.112. The van der Waals surface area contributed by atoms with Gasteiger partial charge in [0.05, 0.1) is 17.1 Å². The second-order valence-electron chi connectivity index (χ2n) is 4.63. The molecule has 1 aromatic rings. The van der Waals surface area contributed by atoms with Crippen molar-refractivity contribution in [1.29, 1.82) is 0 Å². The fourth-order valence-electron chi connectivity index (χ4n) is 2.03. The van der Waals surface area contributed by atoms with Gasteiger partial charge >= 0.3 is 5.97 Å². The minimum Gasteiger partial charge on any atom is -0.478 e. The Bertz CT molecular complexity index is 625. The molecule has 0 heterocycles. The number of sulfonamides is 1. The number of nitrogens with zero attached hydrogens (tertiary/aromatic N) is 1. The van der Waals surface area contributed by atoms with Gasteiger partial charge in [0.2, 0.25) is 10.0 Å². The molecule has 1 fully saturated rings. The predicted molar refractivity (Wildman–Crippen MR) is 71.8 cm³/mol. The van der Waals surface area contributed by atoms with Gasteiger partial charge in [-0.1, -0.05) is 0 Å². The third kappa shape index (κ3) is 2.77. The molecule has 20 heavy (non-hydrogen) atoms. The van der Waals surface area contributed by atoms with E-state index in [2.05, 4.69) is 0 Å². The summed E-state index contributed by atoms with van der Waals surface area (Å²) in [7, 11) is -3.96. The lowest BCUT2D eigenvalue weighted by molar-refractivity contribution is 0.0692. The van der Waals surface area contributed by atoms with E-state index in [-0.39, 0.29) is 35.3 Å². The lowest BCUT2D eigenvalue weighted by Gasteiger charge is -2.21. The van der Waals surface area contributed by atoms with E-state index in [0.29, 0.717) is 0 Å². The molecule has 0 unspecified atom stereocenters. The van der Waals surface area contributed by atoms with E-state index in [1.165, 1.54) is 12.1 Å². The molecule has 0 aliphatic heterocycles. The van der Waals surface area contributed by atoms with Gasteiger partial charge in [-0.2, -0.15) is 4.31 Å². The number of nitrogens with two attached hydrogens (primary N) is 1. The van der Waals surface area contributed by atoms with E-state index < -0.39 is 16.0 Å². The van der Waals surface area contributed by atoms with Crippen LogP contribution in [0.15, 0.2) is 23.1 Å². The maximum Gasteiger partial charge on any atom is 0.337 e. The fraction of sp³-hybridized carbons (Fsp3) is 0.417. The second kappa shape index (κ2) is 5.39. The fourth-order valence-corrected chi connectivity index (χ4v) is 3.87. The van der Waals surface area contributed by atoms with E-state index in [0.717, 1.165) is 23.2 Å². The first-order valence-electron chi connectivity index (χ1n) is 6.13. The average Bonchev–Trinajstić information content (AvgIpc) is 3.19. The Balaban J connectivity index is 2.50. The van der Waals surface area contributed by atoms with Crippen molar-refractivity contribution in [1.82, 2.24) is 4.31 Å². The van der Waals surface area contributed by atoms with Crippen LogP contribution in [0.1, 0.15) is 23.2 Å². The molecule has 1 aliphatic rings. The Morgan fingerprint density at radius 3 is 2.55 bits per heavy atom. The summed E-state index contributed by atoms with van der Waals surface area (Å²) in [5.41, 5.74) is 5.33. The Kier molecular flexibility index (Phi) is 3.98. The molecule has 0 atom stereocenters. The number of benzene rings is 1. The maximum atomic E-state index is 12.6. The molecule has 0 bridgehead atoms. The molecule has 0 radical (unpaired) electrons. The normalized spacial score (nSPS) is 15.5. The molecule has 8 heteroatoms. The molecule has 2 rings (SSSR count). The first-order valence-corrected chi connectivity index (χ1v) is 7.57. The van der Waals surface area contributed by atoms with Crippen LogP contribution in [0.3, 0.4) is 0 Å². The van der Waals surface area contributed by atoms with Gasteiger partial charge < -0.3 is 15.9 Å². The van der Waals surface area contributed by atoms with Gasteiger partial charge in [-0.25, -0.2) is 13.2 Å². The summed E-state index contributed by atoms with van der Waals surface area (Å²) in [6, 6.07) is 3.51. The minimum absolute atomic E-state index is 0.0452. The number of aliphatic hydroxyl groups excluding tert-OH is 1. The van der Waals surface area contributed by atoms with Gasteiger partial charge in [-0.05, 0) is 31.0 Å². The van der Waals surface area contributed by atoms with Crippen molar-refractivity contribution in [2.75, 3.05) is 18.9 Å². The molecule has 0 saturated heterocycles. The number of hydrogen-bond donors (Lipinski definition) is 3. The summed E-state index contributed by atoms with van der Waals surface area (Å²) >= 11 is 0. The number of hydrogen-bond acceptors (Lipinski definition) is 5. The molecule has 0 aromatic heterocycles. The number of anilines is 1. The smallest absolute Gasteiger partial charge is 0.337 e. The van der Waals surface area contributed by atoms with Crippen molar-refractivity contribution in [2.24, 2.45) is 0 Å². The monoisotopic (exact) mass is 300 g/mol. The summed E-state index contributed by atoms with van der Waals surface area (Å²) < 4.78 is 26.3. The average molecular weight is 300 g/mol. The number of carbonyl (C=O) groups is 1. The van der Waals surface area contributed by atoms with Gasteiger partial charge in [-0.15, -0.1) is 0 Å². The van der Waals surface area contributed by atoms with Crippen LogP contribution in [0.4, 0.5) is 5.69 Å². The lowest BCUT2D eigenvalue weighted by Crippen LogP contribution is -2.36. The van der Waals surface area contributed by atoms with E-state index >= 15 is 0 Å². The van der Waals surface area contributed by atoms with Crippen LogP contribution in [-0.4, -0.2) is 48.1 Å². The van der Waals surface area contributed by atoms with Crippen molar-refractivity contribution in [3.8, 4) is 0 Å². The molecular formula is C12H16N2O5S. The molecule has 0 spiro atoms. The van der Waals surface area contributed by atoms with Crippen molar-refractivity contribution in [3.63, 3.8) is 0 Å². The van der Waals surface area contributed by atoms with Crippen LogP contribution < -0.4 is 5.73 Å². The number of nitrogen functional groups attached to an aromatic ring is 1. The molecule has 0 amide bonds. The van der Waals surface area contributed by atoms with Crippen LogP contribution in [0.5, 0.6) is 0 Å². The third-order valence-corrected chi connectivity index (χ3v) is 5.11. The topological polar surface area (TPSA) is 121 Å². The highest BCUT2D eigenvalue weighted by Gasteiger charge is 2.39. The molecular weight excluding hydrogens is 284 g/mol. The molecule has 110 valence electrons. The molecule has 1 aliphatic carbocycles. The Labute approximate surface area is 116 Å². The largest absolute Gasteiger partial charge is 0.478 e. The lowest BCUT2D eigenvalue weighted by atomic mass is 10.2. The van der Waals surface area contributed by atoms with E-state index in [9.17, 15) is 13.2 Å².